The van der Waals surface area contributed by atoms with Gasteiger partial charge in [0.1, 0.15) is 0 Å². The van der Waals surface area contributed by atoms with Crippen LogP contribution in [0, 0.1) is 0 Å². The van der Waals surface area contributed by atoms with E-state index in [1.807, 2.05) is 12.3 Å². The summed E-state index contributed by atoms with van der Waals surface area (Å²) in [6.45, 7) is 0.756. The molecule has 1 aromatic heterocycles. The summed E-state index contributed by atoms with van der Waals surface area (Å²) < 4.78 is 13.1. The lowest BCUT2D eigenvalue weighted by Crippen LogP contribution is -2.15. The molecule has 82 valence electrons. The van der Waals surface area contributed by atoms with Gasteiger partial charge in [0.25, 0.3) is 0 Å². The van der Waals surface area contributed by atoms with Crippen LogP contribution in [0.5, 0.6) is 0 Å². The Morgan fingerprint density at radius 1 is 1.47 bits per heavy atom. The smallest absolute Gasteiger partial charge is 0.164 e. The number of ketones is 1. The van der Waals surface area contributed by atoms with Gasteiger partial charge in [-0.3, -0.25) is 9.00 Å². The van der Waals surface area contributed by atoms with Gasteiger partial charge in [-0.1, -0.05) is 0 Å². The van der Waals surface area contributed by atoms with E-state index in [0.717, 1.165) is 30.6 Å². The summed E-state index contributed by atoms with van der Waals surface area (Å²) in [4.78, 5) is 11.6. The minimum atomic E-state index is -0.765. The Morgan fingerprint density at radius 3 is 3.00 bits per heavy atom. The van der Waals surface area contributed by atoms with Crippen molar-refractivity contribution in [2.45, 2.75) is 25.8 Å². The van der Waals surface area contributed by atoms with E-state index in [-0.39, 0.29) is 5.78 Å². The molecule has 0 bridgehead atoms. The van der Waals surface area contributed by atoms with Crippen LogP contribution in [0.1, 0.15) is 28.9 Å². The second-order valence-electron chi connectivity index (χ2n) is 3.92. The Bertz CT molecular complexity index is 409. The van der Waals surface area contributed by atoms with Crippen LogP contribution in [0.15, 0.2) is 12.3 Å². The molecule has 1 atom stereocenters. The van der Waals surface area contributed by atoms with Gasteiger partial charge in [-0.2, -0.15) is 0 Å². The lowest BCUT2D eigenvalue weighted by molar-refractivity contribution is 0.0972. The topological polar surface area (TPSA) is 39.1 Å². The molecule has 0 amide bonds. The molecule has 0 aliphatic heterocycles. The molecule has 15 heavy (non-hydrogen) atoms. The van der Waals surface area contributed by atoms with E-state index >= 15 is 0 Å². The number of hydrogen-bond acceptors (Lipinski definition) is 2. The fourth-order valence-electron chi connectivity index (χ4n) is 2.03. The van der Waals surface area contributed by atoms with Crippen LogP contribution < -0.4 is 0 Å². The molecule has 0 N–H and O–H groups in total. The quantitative estimate of drug-likeness (QED) is 0.779. The predicted octanol–water partition coefficient (Wildman–Crippen LogP) is 1.39. The molecule has 0 spiro atoms. The molecular weight excluding hydrogens is 210 g/mol. The third-order valence-electron chi connectivity index (χ3n) is 2.82. The molecule has 4 heteroatoms. The summed E-state index contributed by atoms with van der Waals surface area (Å²) in [5.41, 5.74) is 2.01. The van der Waals surface area contributed by atoms with Crippen molar-refractivity contribution in [3.63, 3.8) is 0 Å². The molecule has 1 aromatic rings. The third kappa shape index (κ3) is 2.20. The monoisotopic (exact) mass is 225 g/mol. The van der Waals surface area contributed by atoms with E-state index in [2.05, 4.69) is 4.57 Å². The van der Waals surface area contributed by atoms with Gasteiger partial charge in [0.05, 0.1) is 0 Å². The highest BCUT2D eigenvalue weighted by Crippen LogP contribution is 2.22. The van der Waals surface area contributed by atoms with Crippen molar-refractivity contribution >= 4 is 16.6 Å². The Hall–Kier alpha value is -0.900. The largest absolute Gasteiger partial charge is 0.350 e. The molecular formula is C11H15NO2S. The average Bonchev–Trinajstić information content (AvgIpc) is 2.59. The number of fused-ring (bicyclic) bond motifs is 1. The number of rotatable bonds is 3. The number of aromatic nitrogens is 1. The summed E-state index contributed by atoms with van der Waals surface area (Å²) in [5, 5.41) is 0. The van der Waals surface area contributed by atoms with Crippen LogP contribution in [-0.4, -0.2) is 26.6 Å². The lowest BCUT2D eigenvalue weighted by atomic mass is 9.97. The normalized spacial score (nSPS) is 17.5. The maximum absolute atomic E-state index is 11.6. The van der Waals surface area contributed by atoms with E-state index in [9.17, 15) is 9.00 Å². The van der Waals surface area contributed by atoms with Gasteiger partial charge in [-0.25, -0.2) is 0 Å². The SMILES string of the molecule is CS(=O)CCn1ccc2c1CCCC2=O. The predicted molar refractivity (Wildman–Crippen MR) is 60.6 cm³/mol. The second kappa shape index (κ2) is 4.31. The Kier molecular flexibility index (Phi) is 3.05. The minimum absolute atomic E-state index is 0.257. The summed E-state index contributed by atoms with van der Waals surface area (Å²) in [6, 6.07) is 1.90. The number of hydrogen-bond donors (Lipinski definition) is 0. The molecule has 3 nitrogen and oxygen atoms in total. The van der Waals surface area contributed by atoms with Gasteiger partial charge in [-0.15, -0.1) is 0 Å². The fourth-order valence-corrected chi connectivity index (χ4v) is 2.48. The maximum atomic E-state index is 11.6. The van der Waals surface area contributed by atoms with Crippen molar-refractivity contribution in [3.8, 4) is 0 Å². The number of carbonyl (C=O) groups is 1. The molecule has 0 saturated carbocycles. The van der Waals surface area contributed by atoms with Gasteiger partial charge in [-0.05, 0) is 18.9 Å². The summed E-state index contributed by atoms with van der Waals surface area (Å²) in [6.07, 6.45) is 6.26. The second-order valence-corrected chi connectivity index (χ2v) is 5.48. The molecule has 0 saturated heterocycles. The Morgan fingerprint density at radius 2 is 2.27 bits per heavy atom. The van der Waals surface area contributed by atoms with Gasteiger partial charge in [0, 0.05) is 53.2 Å². The van der Waals surface area contributed by atoms with E-state index in [0.29, 0.717) is 12.2 Å². The zero-order chi connectivity index (χ0) is 10.8. The third-order valence-corrected chi connectivity index (χ3v) is 3.57. The standard InChI is InChI=1S/C11H15NO2S/c1-15(14)8-7-12-6-5-9-10(12)3-2-4-11(9)13/h5-6H,2-4,7-8H2,1H3. The number of Topliss-reactive ketones (excluding diaryl/α,β-unsaturated/α-hetero) is 1. The zero-order valence-corrected chi connectivity index (χ0v) is 9.68. The van der Waals surface area contributed by atoms with Crippen LogP contribution in [0.25, 0.3) is 0 Å². The van der Waals surface area contributed by atoms with Crippen molar-refractivity contribution in [1.29, 1.82) is 0 Å². The summed E-state index contributed by atoms with van der Waals surface area (Å²) in [5.74, 6) is 0.919. The van der Waals surface area contributed by atoms with Crippen molar-refractivity contribution in [3.05, 3.63) is 23.5 Å². The van der Waals surface area contributed by atoms with E-state index in [1.165, 1.54) is 0 Å². The van der Waals surface area contributed by atoms with Gasteiger partial charge < -0.3 is 4.57 Å². The van der Waals surface area contributed by atoms with Gasteiger partial charge in [0.15, 0.2) is 5.78 Å². The minimum Gasteiger partial charge on any atom is -0.350 e. The van der Waals surface area contributed by atoms with Crippen LogP contribution in [-0.2, 0) is 23.8 Å². The van der Waals surface area contributed by atoms with Crippen LogP contribution >= 0.6 is 0 Å². The highest BCUT2D eigenvalue weighted by molar-refractivity contribution is 7.84. The first-order valence-electron chi connectivity index (χ1n) is 5.19. The first kappa shape index (κ1) is 10.6. The highest BCUT2D eigenvalue weighted by atomic mass is 32.2. The molecule has 2 rings (SSSR count). The first-order chi connectivity index (χ1) is 7.18. The van der Waals surface area contributed by atoms with Gasteiger partial charge >= 0.3 is 0 Å². The first-order valence-corrected chi connectivity index (χ1v) is 6.92. The number of aryl methyl sites for hydroxylation is 1. The molecule has 1 unspecified atom stereocenters. The fraction of sp³-hybridized carbons (Fsp3) is 0.545. The number of carbonyl (C=O) groups excluding carboxylic acids is 1. The van der Waals surface area contributed by atoms with E-state index < -0.39 is 10.8 Å². The number of nitrogens with zero attached hydrogens (tertiary/aromatic N) is 1. The van der Waals surface area contributed by atoms with E-state index in [1.54, 1.807) is 6.26 Å². The van der Waals surface area contributed by atoms with Crippen LogP contribution in [0.2, 0.25) is 0 Å². The molecule has 1 heterocycles. The van der Waals surface area contributed by atoms with Crippen molar-refractivity contribution < 1.29 is 9.00 Å². The molecule has 0 fully saturated rings. The van der Waals surface area contributed by atoms with Crippen molar-refractivity contribution in [2.24, 2.45) is 0 Å². The van der Waals surface area contributed by atoms with Crippen LogP contribution in [0.4, 0.5) is 0 Å². The van der Waals surface area contributed by atoms with Crippen molar-refractivity contribution in [2.75, 3.05) is 12.0 Å². The van der Waals surface area contributed by atoms with Crippen LogP contribution in [0.3, 0.4) is 0 Å². The summed E-state index contributed by atoms with van der Waals surface area (Å²) in [7, 11) is -0.765. The maximum Gasteiger partial charge on any atom is 0.164 e. The molecule has 0 aromatic carbocycles. The molecule has 1 aliphatic rings. The lowest BCUT2D eigenvalue weighted by Gasteiger charge is -2.14. The average molecular weight is 225 g/mol. The molecule has 1 aliphatic carbocycles. The summed E-state index contributed by atoms with van der Waals surface area (Å²) >= 11 is 0. The highest BCUT2D eigenvalue weighted by Gasteiger charge is 2.20. The van der Waals surface area contributed by atoms with Gasteiger partial charge in [0.2, 0.25) is 0 Å². The Balaban J connectivity index is 2.19. The zero-order valence-electron chi connectivity index (χ0n) is 8.86. The van der Waals surface area contributed by atoms with E-state index in [4.69, 9.17) is 0 Å². The molecule has 0 radical (unpaired) electrons. The Labute approximate surface area is 91.9 Å². The van der Waals surface area contributed by atoms with Crippen molar-refractivity contribution in [1.82, 2.24) is 4.57 Å².